The number of aromatic nitrogens is 4. The molecule has 106 valence electrons. The monoisotopic (exact) mass is 274 g/mol. The first-order valence-corrected chi connectivity index (χ1v) is 6.98. The van der Waals surface area contributed by atoms with Crippen LogP contribution in [-0.2, 0) is 11.3 Å². The molecule has 1 atom stereocenters. The fourth-order valence-electron chi connectivity index (χ4n) is 2.32. The van der Waals surface area contributed by atoms with Gasteiger partial charge in [-0.25, -0.2) is 0 Å². The molecule has 1 aliphatic heterocycles. The zero-order chi connectivity index (χ0) is 13.8. The van der Waals surface area contributed by atoms with Crippen molar-refractivity contribution in [2.45, 2.75) is 32.2 Å². The lowest BCUT2D eigenvalue weighted by Crippen LogP contribution is -2.15. The van der Waals surface area contributed by atoms with E-state index in [1.807, 2.05) is 22.9 Å². The molecule has 3 heterocycles. The summed E-state index contributed by atoms with van der Waals surface area (Å²) in [4.78, 5) is 0. The number of nitrogens with zero attached hydrogens (tertiary/aromatic N) is 4. The first-order chi connectivity index (χ1) is 9.86. The van der Waals surface area contributed by atoms with Crippen LogP contribution in [0.15, 0.2) is 16.7 Å². The van der Waals surface area contributed by atoms with E-state index in [9.17, 15) is 0 Å². The smallest absolute Gasteiger partial charge is 0.240 e. The SMILES string of the molecule is CCn1nccc1C=Cc1nnc(C2CCCOC2)o1. The summed E-state index contributed by atoms with van der Waals surface area (Å²) >= 11 is 0. The van der Waals surface area contributed by atoms with Gasteiger partial charge in [0.15, 0.2) is 0 Å². The van der Waals surface area contributed by atoms with Gasteiger partial charge in [0.2, 0.25) is 11.8 Å². The molecule has 1 fully saturated rings. The molecule has 0 saturated carbocycles. The Hall–Kier alpha value is -1.95. The second-order valence-electron chi connectivity index (χ2n) is 4.80. The molecule has 6 nitrogen and oxygen atoms in total. The van der Waals surface area contributed by atoms with Gasteiger partial charge in [0.05, 0.1) is 18.2 Å². The summed E-state index contributed by atoms with van der Waals surface area (Å²) < 4.78 is 13.0. The maximum atomic E-state index is 5.68. The topological polar surface area (TPSA) is 66.0 Å². The van der Waals surface area contributed by atoms with Crippen molar-refractivity contribution in [2.75, 3.05) is 13.2 Å². The highest BCUT2D eigenvalue weighted by atomic mass is 16.5. The van der Waals surface area contributed by atoms with Crippen LogP contribution in [0.3, 0.4) is 0 Å². The maximum absolute atomic E-state index is 5.68. The quantitative estimate of drug-likeness (QED) is 0.856. The van der Waals surface area contributed by atoms with Crippen LogP contribution >= 0.6 is 0 Å². The molecule has 20 heavy (non-hydrogen) atoms. The largest absolute Gasteiger partial charge is 0.421 e. The van der Waals surface area contributed by atoms with E-state index in [0.717, 1.165) is 31.7 Å². The lowest BCUT2D eigenvalue weighted by molar-refractivity contribution is 0.0724. The molecular weight excluding hydrogens is 256 g/mol. The van der Waals surface area contributed by atoms with Crippen LogP contribution in [0, 0.1) is 0 Å². The van der Waals surface area contributed by atoms with E-state index in [1.54, 1.807) is 6.20 Å². The van der Waals surface area contributed by atoms with E-state index >= 15 is 0 Å². The van der Waals surface area contributed by atoms with E-state index in [4.69, 9.17) is 9.15 Å². The van der Waals surface area contributed by atoms with Gasteiger partial charge >= 0.3 is 0 Å². The van der Waals surface area contributed by atoms with Gasteiger partial charge in [0, 0.05) is 25.4 Å². The summed E-state index contributed by atoms with van der Waals surface area (Å²) in [5, 5.41) is 12.4. The van der Waals surface area contributed by atoms with Crippen molar-refractivity contribution in [1.82, 2.24) is 20.0 Å². The molecule has 0 radical (unpaired) electrons. The highest BCUT2D eigenvalue weighted by molar-refractivity contribution is 5.63. The fraction of sp³-hybridized carbons (Fsp3) is 0.500. The maximum Gasteiger partial charge on any atom is 0.240 e. The molecular formula is C14H18N4O2. The predicted octanol–water partition coefficient (Wildman–Crippen LogP) is 2.35. The molecule has 3 rings (SSSR count). The van der Waals surface area contributed by atoms with Gasteiger partial charge in [-0.05, 0) is 31.9 Å². The van der Waals surface area contributed by atoms with Crippen LogP contribution in [0.2, 0.25) is 0 Å². The number of ether oxygens (including phenoxy) is 1. The summed E-state index contributed by atoms with van der Waals surface area (Å²) in [5.74, 6) is 1.43. The Morgan fingerprint density at radius 1 is 1.40 bits per heavy atom. The molecule has 0 bridgehead atoms. The molecule has 0 N–H and O–H groups in total. The molecule has 6 heteroatoms. The van der Waals surface area contributed by atoms with Gasteiger partial charge < -0.3 is 9.15 Å². The van der Waals surface area contributed by atoms with Crippen LogP contribution in [-0.4, -0.2) is 33.2 Å². The first kappa shape index (κ1) is 13.1. The van der Waals surface area contributed by atoms with Gasteiger partial charge in [-0.15, -0.1) is 10.2 Å². The Morgan fingerprint density at radius 3 is 3.15 bits per heavy atom. The van der Waals surface area contributed by atoms with Crippen molar-refractivity contribution < 1.29 is 9.15 Å². The first-order valence-electron chi connectivity index (χ1n) is 6.98. The average molecular weight is 274 g/mol. The van der Waals surface area contributed by atoms with Crippen molar-refractivity contribution in [3.8, 4) is 0 Å². The van der Waals surface area contributed by atoms with Gasteiger partial charge in [-0.1, -0.05) is 0 Å². The summed E-state index contributed by atoms with van der Waals surface area (Å²) in [5.41, 5.74) is 1.02. The van der Waals surface area contributed by atoms with Gasteiger partial charge in [-0.2, -0.15) is 5.10 Å². The second-order valence-corrected chi connectivity index (χ2v) is 4.80. The molecule has 0 aromatic carbocycles. The second kappa shape index (κ2) is 6.00. The highest BCUT2D eigenvalue weighted by Gasteiger charge is 2.21. The van der Waals surface area contributed by atoms with Crippen molar-refractivity contribution in [3.63, 3.8) is 0 Å². The molecule has 0 spiro atoms. The van der Waals surface area contributed by atoms with E-state index in [1.165, 1.54) is 0 Å². The molecule has 1 unspecified atom stereocenters. The van der Waals surface area contributed by atoms with Crippen LogP contribution in [0.25, 0.3) is 12.2 Å². The summed E-state index contributed by atoms with van der Waals surface area (Å²) in [7, 11) is 0. The normalized spacial score (nSPS) is 19.8. The van der Waals surface area contributed by atoms with Crippen molar-refractivity contribution in [3.05, 3.63) is 29.7 Å². The number of aryl methyl sites for hydroxylation is 1. The minimum atomic E-state index is 0.236. The zero-order valence-corrected chi connectivity index (χ0v) is 11.5. The van der Waals surface area contributed by atoms with E-state index in [2.05, 4.69) is 22.2 Å². The third-order valence-corrected chi connectivity index (χ3v) is 3.41. The molecule has 2 aromatic rings. The van der Waals surface area contributed by atoms with Crippen LogP contribution < -0.4 is 0 Å². The lowest BCUT2D eigenvalue weighted by Gasteiger charge is -2.18. The van der Waals surface area contributed by atoms with Gasteiger partial charge in [0.25, 0.3) is 0 Å². The summed E-state index contributed by atoms with van der Waals surface area (Å²) in [6.07, 6.45) is 7.64. The average Bonchev–Trinajstić information content (AvgIpc) is 3.15. The van der Waals surface area contributed by atoms with E-state index in [0.29, 0.717) is 18.4 Å². The zero-order valence-electron chi connectivity index (χ0n) is 11.5. The number of hydrogen-bond donors (Lipinski definition) is 0. The Kier molecular flexibility index (Phi) is 3.92. The van der Waals surface area contributed by atoms with Crippen molar-refractivity contribution in [2.24, 2.45) is 0 Å². The van der Waals surface area contributed by atoms with Crippen LogP contribution in [0.4, 0.5) is 0 Å². The molecule has 1 aliphatic rings. The summed E-state index contributed by atoms with van der Waals surface area (Å²) in [6.45, 7) is 4.39. The molecule has 1 saturated heterocycles. The van der Waals surface area contributed by atoms with E-state index in [-0.39, 0.29) is 5.92 Å². The minimum Gasteiger partial charge on any atom is -0.421 e. The standard InChI is InChI=1S/C14H18N4O2/c1-2-18-12(7-8-15-18)5-6-13-16-17-14(20-13)11-4-3-9-19-10-11/h5-8,11H,2-4,9-10H2,1H3. The predicted molar refractivity (Wildman–Crippen MR) is 73.9 cm³/mol. The van der Waals surface area contributed by atoms with Crippen LogP contribution in [0.5, 0.6) is 0 Å². The Labute approximate surface area is 117 Å². The van der Waals surface area contributed by atoms with Gasteiger partial charge in [-0.3, -0.25) is 4.68 Å². The third-order valence-electron chi connectivity index (χ3n) is 3.41. The van der Waals surface area contributed by atoms with Crippen LogP contribution in [0.1, 0.15) is 43.2 Å². The van der Waals surface area contributed by atoms with Crippen molar-refractivity contribution >= 4 is 12.2 Å². The fourth-order valence-corrected chi connectivity index (χ4v) is 2.32. The van der Waals surface area contributed by atoms with Crippen molar-refractivity contribution in [1.29, 1.82) is 0 Å². The molecule has 0 amide bonds. The van der Waals surface area contributed by atoms with Gasteiger partial charge in [0.1, 0.15) is 0 Å². The molecule has 0 aliphatic carbocycles. The highest BCUT2D eigenvalue weighted by Crippen LogP contribution is 2.24. The molecule has 2 aromatic heterocycles. The lowest BCUT2D eigenvalue weighted by atomic mass is 10.0. The Morgan fingerprint density at radius 2 is 2.35 bits per heavy atom. The van der Waals surface area contributed by atoms with E-state index < -0.39 is 0 Å². The minimum absolute atomic E-state index is 0.236. The Bertz CT molecular complexity index is 582. The number of hydrogen-bond acceptors (Lipinski definition) is 5. The Balaban J connectivity index is 1.70. The number of rotatable bonds is 4. The summed E-state index contributed by atoms with van der Waals surface area (Å²) in [6, 6.07) is 1.95. The third kappa shape index (κ3) is 2.80.